The van der Waals surface area contributed by atoms with Crippen molar-refractivity contribution in [1.82, 2.24) is 20.3 Å². The Morgan fingerprint density at radius 2 is 1.68 bits per heavy atom. The van der Waals surface area contributed by atoms with Gasteiger partial charge in [0, 0.05) is 4.47 Å². The normalized spacial score (nSPS) is 10.8. The van der Waals surface area contributed by atoms with Crippen molar-refractivity contribution >= 4 is 79.1 Å². The molecule has 0 unspecified atom stereocenters. The number of carbonyl (C=O) groups excluding carboxylic acids is 1. The fourth-order valence-corrected chi connectivity index (χ4v) is 3.80. The molecular formula is C21H14BrCl2N5OS. The highest BCUT2D eigenvalue weighted by molar-refractivity contribution is 9.10. The van der Waals surface area contributed by atoms with Crippen molar-refractivity contribution in [2.24, 2.45) is 0 Å². The number of amides is 1. The maximum Gasteiger partial charge on any atom is 0.258 e. The van der Waals surface area contributed by atoms with Crippen molar-refractivity contribution < 1.29 is 4.79 Å². The summed E-state index contributed by atoms with van der Waals surface area (Å²) in [6, 6.07) is 16.2. The number of anilines is 1. The largest absolute Gasteiger partial charge is 0.331 e. The van der Waals surface area contributed by atoms with Crippen LogP contribution in [0.1, 0.15) is 15.9 Å². The number of hydrogen-bond acceptors (Lipinski definition) is 4. The first-order chi connectivity index (χ1) is 14.8. The molecule has 10 heteroatoms. The van der Waals surface area contributed by atoms with E-state index in [-0.39, 0.29) is 5.11 Å². The molecule has 0 aliphatic rings. The molecule has 156 valence electrons. The zero-order valence-electron chi connectivity index (χ0n) is 16.0. The van der Waals surface area contributed by atoms with Gasteiger partial charge < -0.3 is 5.32 Å². The molecule has 1 aromatic heterocycles. The third-order valence-corrected chi connectivity index (χ3v) is 5.72. The van der Waals surface area contributed by atoms with Gasteiger partial charge in [-0.2, -0.15) is 4.80 Å². The van der Waals surface area contributed by atoms with Gasteiger partial charge in [-0.15, -0.1) is 10.2 Å². The number of nitrogens with zero attached hydrogens (tertiary/aromatic N) is 3. The maximum atomic E-state index is 12.5. The molecule has 4 aromatic rings. The number of thiocarbonyl (C=S) groups is 1. The molecule has 0 fully saturated rings. The number of halogens is 3. The minimum absolute atomic E-state index is 0.0771. The molecule has 0 saturated heterocycles. The molecule has 0 atom stereocenters. The summed E-state index contributed by atoms with van der Waals surface area (Å²) in [6.45, 7) is 2.01. The quantitative estimate of drug-likeness (QED) is 0.319. The van der Waals surface area contributed by atoms with Gasteiger partial charge in [0.05, 0.1) is 27.0 Å². The molecule has 3 aromatic carbocycles. The van der Waals surface area contributed by atoms with E-state index in [0.29, 0.717) is 32.3 Å². The lowest BCUT2D eigenvalue weighted by Crippen LogP contribution is -2.34. The number of aryl methyl sites for hydroxylation is 1. The second-order valence-electron chi connectivity index (χ2n) is 6.68. The maximum absolute atomic E-state index is 12.5. The minimum atomic E-state index is -0.439. The average Bonchev–Trinajstić information content (AvgIpc) is 3.13. The summed E-state index contributed by atoms with van der Waals surface area (Å²) in [4.78, 5) is 14.0. The number of benzene rings is 3. The first-order valence-corrected chi connectivity index (χ1v) is 11.0. The second kappa shape index (κ2) is 8.92. The highest BCUT2D eigenvalue weighted by atomic mass is 79.9. The number of rotatable bonds is 3. The zero-order chi connectivity index (χ0) is 22.1. The summed E-state index contributed by atoms with van der Waals surface area (Å²) >= 11 is 21.1. The first kappa shape index (κ1) is 21.7. The SMILES string of the molecule is Cc1ccc(-n2nc3cc(Cl)c(NC(=S)NC(=O)c4cc(Br)ccc4Cl)cc3n2)cc1. The Hall–Kier alpha value is -2.52. The van der Waals surface area contributed by atoms with Crippen molar-refractivity contribution in [2.75, 3.05) is 5.32 Å². The van der Waals surface area contributed by atoms with Crippen LogP contribution < -0.4 is 10.6 Å². The highest BCUT2D eigenvalue weighted by Crippen LogP contribution is 2.27. The van der Waals surface area contributed by atoms with Gasteiger partial charge in [0.1, 0.15) is 11.0 Å². The third-order valence-electron chi connectivity index (χ3n) is 4.38. The van der Waals surface area contributed by atoms with E-state index in [0.717, 1.165) is 15.7 Å². The first-order valence-electron chi connectivity index (χ1n) is 9.01. The van der Waals surface area contributed by atoms with Gasteiger partial charge in [-0.3, -0.25) is 10.1 Å². The van der Waals surface area contributed by atoms with Crippen LogP contribution in [0.2, 0.25) is 10.0 Å². The minimum Gasteiger partial charge on any atom is -0.331 e. The predicted octanol–water partition coefficient (Wildman–Crippen LogP) is 5.93. The average molecular weight is 535 g/mol. The fourth-order valence-electron chi connectivity index (χ4n) is 2.82. The van der Waals surface area contributed by atoms with Crippen molar-refractivity contribution in [3.8, 4) is 5.69 Å². The highest BCUT2D eigenvalue weighted by Gasteiger charge is 2.15. The summed E-state index contributed by atoms with van der Waals surface area (Å²) < 4.78 is 0.728. The number of aromatic nitrogens is 3. The van der Waals surface area contributed by atoms with Crippen LogP contribution >= 0.6 is 51.3 Å². The standard InChI is InChI=1S/C21H14BrCl2N5OS/c1-11-2-5-13(6-3-11)29-27-18-9-16(24)17(10-19(18)28-29)25-21(31)26-20(30)14-8-12(22)4-7-15(14)23/h2-10H,1H3,(H2,25,26,30,31). The van der Waals surface area contributed by atoms with Gasteiger partial charge in [-0.25, -0.2) is 0 Å². The fraction of sp³-hybridized carbons (Fsp3) is 0.0476. The Balaban J connectivity index is 1.54. The molecule has 0 bridgehead atoms. The predicted molar refractivity (Wildman–Crippen MR) is 131 cm³/mol. The van der Waals surface area contributed by atoms with Gasteiger partial charge in [0.25, 0.3) is 5.91 Å². The Morgan fingerprint density at radius 3 is 2.39 bits per heavy atom. The molecule has 6 nitrogen and oxygen atoms in total. The van der Waals surface area contributed by atoms with E-state index in [1.807, 2.05) is 31.2 Å². The summed E-state index contributed by atoms with van der Waals surface area (Å²) in [7, 11) is 0. The van der Waals surface area contributed by atoms with Crippen LogP contribution in [0.5, 0.6) is 0 Å². The van der Waals surface area contributed by atoms with Crippen LogP contribution in [0.15, 0.2) is 59.1 Å². The number of fused-ring (bicyclic) bond motifs is 1. The Labute approximate surface area is 201 Å². The van der Waals surface area contributed by atoms with E-state index in [4.69, 9.17) is 35.4 Å². The van der Waals surface area contributed by atoms with E-state index in [9.17, 15) is 4.79 Å². The van der Waals surface area contributed by atoms with Crippen molar-refractivity contribution in [3.05, 3.63) is 80.2 Å². The van der Waals surface area contributed by atoms with Gasteiger partial charge in [-0.05, 0) is 61.6 Å². The van der Waals surface area contributed by atoms with Crippen molar-refractivity contribution in [1.29, 1.82) is 0 Å². The molecule has 0 radical (unpaired) electrons. The molecule has 0 aliphatic heterocycles. The smallest absolute Gasteiger partial charge is 0.258 e. The monoisotopic (exact) mass is 533 g/mol. The van der Waals surface area contributed by atoms with Crippen LogP contribution in [0.25, 0.3) is 16.7 Å². The van der Waals surface area contributed by atoms with Gasteiger partial charge >= 0.3 is 0 Å². The lowest BCUT2D eigenvalue weighted by molar-refractivity contribution is 0.0978. The third kappa shape index (κ3) is 4.88. The van der Waals surface area contributed by atoms with Crippen molar-refractivity contribution in [3.63, 3.8) is 0 Å². The lowest BCUT2D eigenvalue weighted by atomic mass is 10.2. The van der Waals surface area contributed by atoms with Crippen LogP contribution in [0, 0.1) is 6.92 Å². The van der Waals surface area contributed by atoms with Gasteiger partial charge in [-0.1, -0.05) is 56.8 Å². The summed E-state index contributed by atoms with van der Waals surface area (Å²) in [5, 5.41) is 15.3. The summed E-state index contributed by atoms with van der Waals surface area (Å²) in [6.07, 6.45) is 0. The topological polar surface area (TPSA) is 71.8 Å². The van der Waals surface area contributed by atoms with E-state index in [1.165, 1.54) is 0 Å². The molecule has 1 amide bonds. The molecule has 2 N–H and O–H groups in total. The van der Waals surface area contributed by atoms with Gasteiger partial charge in [0.2, 0.25) is 0 Å². The molecule has 0 saturated carbocycles. The lowest BCUT2D eigenvalue weighted by Gasteiger charge is -2.11. The Morgan fingerprint density at radius 1 is 1.00 bits per heavy atom. The Kier molecular flexibility index (Phi) is 6.24. The van der Waals surface area contributed by atoms with E-state index in [2.05, 4.69) is 36.8 Å². The molecular weight excluding hydrogens is 521 g/mol. The molecule has 0 spiro atoms. The molecule has 31 heavy (non-hydrogen) atoms. The van der Waals surface area contributed by atoms with Crippen LogP contribution in [-0.2, 0) is 0 Å². The number of nitrogens with one attached hydrogen (secondary N) is 2. The molecule has 4 rings (SSSR count). The number of carbonyl (C=O) groups is 1. The van der Waals surface area contributed by atoms with E-state index in [1.54, 1.807) is 35.1 Å². The number of hydrogen-bond donors (Lipinski definition) is 2. The summed E-state index contributed by atoms with van der Waals surface area (Å²) in [5.74, 6) is -0.439. The van der Waals surface area contributed by atoms with Crippen LogP contribution in [0.4, 0.5) is 5.69 Å². The zero-order valence-corrected chi connectivity index (χ0v) is 19.9. The molecule has 1 heterocycles. The molecule has 0 aliphatic carbocycles. The van der Waals surface area contributed by atoms with Crippen molar-refractivity contribution in [2.45, 2.75) is 6.92 Å². The Bertz CT molecular complexity index is 1320. The summed E-state index contributed by atoms with van der Waals surface area (Å²) in [5.41, 5.74) is 4.03. The van der Waals surface area contributed by atoms with Crippen LogP contribution in [0.3, 0.4) is 0 Å². The van der Waals surface area contributed by atoms with Gasteiger partial charge in [0.15, 0.2) is 5.11 Å². The second-order valence-corrected chi connectivity index (χ2v) is 8.82. The van der Waals surface area contributed by atoms with E-state index >= 15 is 0 Å². The van der Waals surface area contributed by atoms with Crippen LogP contribution in [-0.4, -0.2) is 26.0 Å². The van der Waals surface area contributed by atoms with E-state index < -0.39 is 5.91 Å².